The average Bonchev–Trinajstić information content (AvgIpc) is 2.82. The molecule has 2 unspecified atom stereocenters. The minimum Gasteiger partial charge on any atom is -0.506 e. The van der Waals surface area contributed by atoms with Gasteiger partial charge in [0.05, 0.1) is 4.75 Å². The van der Waals surface area contributed by atoms with Gasteiger partial charge in [-0.05, 0) is 55.1 Å². The van der Waals surface area contributed by atoms with Crippen LogP contribution in [0.2, 0.25) is 0 Å². The number of hydrogen-bond acceptors (Lipinski definition) is 3. The second-order valence-electron chi connectivity index (χ2n) is 13.5. The van der Waals surface area contributed by atoms with Crippen LogP contribution in [0.25, 0.3) is 0 Å². The van der Waals surface area contributed by atoms with Crippen molar-refractivity contribution in [3.05, 3.63) is 23.3 Å². The van der Waals surface area contributed by atoms with Gasteiger partial charge >= 0.3 is 0 Å². The van der Waals surface area contributed by atoms with Gasteiger partial charge in [-0.2, -0.15) is 0 Å². The molecular weight excluding hydrogens is 476 g/mol. The molecule has 1 N–H and O–H groups in total. The quantitative estimate of drug-likeness (QED) is 0.354. The molecule has 0 fully saturated rings. The summed E-state index contributed by atoms with van der Waals surface area (Å²) in [4.78, 5) is 0.184. The lowest BCUT2D eigenvalue weighted by Crippen LogP contribution is -2.36. The Morgan fingerprint density at radius 1 is 0.784 bits per heavy atom. The fourth-order valence-corrected chi connectivity index (χ4v) is 8.15. The van der Waals surface area contributed by atoms with Crippen LogP contribution < -0.4 is 0 Å². The van der Waals surface area contributed by atoms with Gasteiger partial charge in [0.25, 0.3) is 0 Å². The zero-order valence-corrected chi connectivity index (χ0v) is 26.2. The first-order valence-electron chi connectivity index (χ1n) is 15.4. The van der Waals surface area contributed by atoms with Crippen LogP contribution in [-0.4, -0.2) is 18.3 Å². The van der Waals surface area contributed by atoms with Gasteiger partial charge in [-0.25, -0.2) is 8.42 Å². The maximum atomic E-state index is 14.6. The van der Waals surface area contributed by atoms with Crippen LogP contribution in [0.4, 0.5) is 0 Å². The van der Waals surface area contributed by atoms with E-state index in [1.807, 2.05) is 13.0 Å². The third-order valence-electron chi connectivity index (χ3n) is 9.10. The van der Waals surface area contributed by atoms with Crippen LogP contribution in [0.3, 0.4) is 0 Å². The molecule has 0 aliphatic carbocycles. The van der Waals surface area contributed by atoms with E-state index in [1.54, 1.807) is 0 Å². The van der Waals surface area contributed by atoms with Gasteiger partial charge in [0.15, 0.2) is 9.84 Å². The minimum atomic E-state index is -3.74. The van der Waals surface area contributed by atoms with E-state index < -0.39 is 14.6 Å². The molecule has 1 heterocycles. The van der Waals surface area contributed by atoms with E-state index in [2.05, 4.69) is 47.6 Å². The van der Waals surface area contributed by atoms with Crippen LogP contribution >= 0.6 is 0 Å². The number of unbranched alkanes of at least 4 members (excludes halogenated alkanes) is 3. The van der Waals surface area contributed by atoms with Gasteiger partial charge in [-0.1, -0.05) is 131 Å². The molecule has 1 aromatic carbocycles. The standard InChI is InChI=1S/C33H58O3S/c1-8-10-18-23-33(7)24-20-17-15-13-12-14-16-19-22-32(6,21-11-9-2)28-25-27(31(3,4)5)26-29(30(28)34)37(33,35)36/h25-26,34H,8-24H2,1-7H3. The highest BCUT2D eigenvalue weighted by molar-refractivity contribution is 7.93. The number of phenols is 1. The largest absolute Gasteiger partial charge is 0.506 e. The SMILES string of the molecule is CCCCCC1(C)CCCCCCCCCCC(C)(CCCC)c2cc(C(C)(C)C)cc(c2O)S1(=O)=O. The molecule has 1 aliphatic rings. The highest BCUT2D eigenvalue weighted by atomic mass is 32.2. The molecule has 37 heavy (non-hydrogen) atoms. The Morgan fingerprint density at radius 2 is 1.32 bits per heavy atom. The summed E-state index contributed by atoms with van der Waals surface area (Å²) >= 11 is 0. The van der Waals surface area contributed by atoms with Crippen LogP contribution in [-0.2, 0) is 20.7 Å². The van der Waals surface area contributed by atoms with E-state index in [0.29, 0.717) is 12.8 Å². The molecule has 0 amide bonds. The number of phenolic OH excluding ortho intramolecular Hbond substituents is 1. The zero-order valence-electron chi connectivity index (χ0n) is 25.3. The highest BCUT2D eigenvalue weighted by Crippen LogP contribution is 2.47. The zero-order chi connectivity index (χ0) is 27.7. The van der Waals surface area contributed by atoms with Crippen molar-refractivity contribution in [1.82, 2.24) is 0 Å². The van der Waals surface area contributed by atoms with Crippen molar-refractivity contribution < 1.29 is 13.5 Å². The Balaban J connectivity index is 2.77. The third-order valence-corrected chi connectivity index (χ3v) is 11.7. The molecule has 0 saturated carbocycles. The minimum absolute atomic E-state index is 0.0282. The maximum absolute atomic E-state index is 14.6. The molecule has 214 valence electrons. The summed E-state index contributed by atoms with van der Waals surface area (Å²) in [5.41, 5.74) is 1.42. The molecule has 2 bridgehead atoms. The van der Waals surface area contributed by atoms with Crippen molar-refractivity contribution in [3.63, 3.8) is 0 Å². The molecular formula is C33H58O3S. The summed E-state index contributed by atoms with van der Waals surface area (Å²) in [6.07, 6.45) is 17.8. The Hall–Kier alpha value is -1.03. The van der Waals surface area contributed by atoms with Crippen molar-refractivity contribution >= 4 is 9.84 Å². The molecule has 2 atom stereocenters. The summed E-state index contributed by atoms with van der Waals surface area (Å²) < 4.78 is 28.3. The fourth-order valence-electron chi connectivity index (χ4n) is 6.15. The lowest BCUT2D eigenvalue weighted by molar-refractivity contribution is 0.343. The van der Waals surface area contributed by atoms with Crippen molar-refractivity contribution in [3.8, 4) is 5.75 Å². The monoisotopic (exact) mass is 534 g/mol. The van der Waals surface area contributed by atoms with Crippen LogP contribution in [0, 0.1) is 0 Å². The summed E-state index contributed by atoms with van der Waals surface area (Å²) in [5, 5.41) is 11.8. The predicted molar refractivity (Wildman–Crippen MR) is 160 cm³/mol. The van der Waals surface area contributed by atoms with Crippen molar-refractivity contribution in [2.45, 2.75) is 178 Å². The number of sulfone groups is 1. The highest BCUT2D eigenvalue weighted by Gasteiger charge is 2.43. The van der Waals surface area contributed by atoms with E-state index in [1.165, 1.54) is 32.1 Å². The van der Waals surface area contributed by atoms with E-state index in [0.717, 1.165) is 75.3 Å². The predicted octanol–water partition coefficient (Wildman–Crippen LogP) is 10.2. The van der Waals surface area contributed by atoms with E-state index >= 15 is 0 Å². The molecule has 0 saturated heterocycles. The molecule has 1 aromatic rings. The molecule has 0 aromatic heterocycles. The van der Waals surface area contributed by atoms with Crippen LogP contribution in [0.5, 0.6) is 5.75 Å². The van der Waals surface area contributed by atoms with Gasteiger partial charge in [0.2, 0.25) is 0 Å². The summed E-state index contributed by atoms with van der Waals surface area (Å²) in [7, 11) is -3.74. The summed E-state index contributed by atoms with van der Waals surface area (Å²) in [6.45, 7) is 15.0. The fraction of sp³-hybridized carbons (Fsp3) is 0.818. The molecule has 2 rings (SSSR count). The van der Waals surface area contributed by atoms with E-state index in [4.69, 9.17) is 0 Å². The van der Waals surface area contributed by atoms with Crippen LogP contribution in [0.15, 0.2) is 17.0 Å². The normalized spacial score (nSPS) is 26.1. The first kappa shape index (κ1) is 32.2. The van der Waals surface area contributed by atoms with E-state index in [9.17, 15) is 13.5 Å². The lowest BCUT2D eigenvalue weighted by atomic mass is 9.72. The molecule has 0 radical (unpaired) electrons. The number of rotatable bonds is 7. The first-order valence-corrected chi connectivity index (χ1v) is 16.9. The Morgan fingerprint density at radius 3 is 1.86 bits per heavy atom. The Kier molecular flexibility index (Phi) is 12.1. The topological polar surface area (TPSA) is 54.4 Å². The lowest BCUT2D eigenvalue weighted by Gasteiger charge is -2.36. The molecule has 0 spiro atoms. The average molecular weight is 535 g/mol. The molecule has 3 nitrogen and oxygen atoms in total. The van der Waals surface area contributed by atoms with E-state index in [-0.39, 0.29) is 21.5 Å². The molecule has 4 heteroatoms. The number of fused-ring (bicyclic) bond motifs is 2. The maximum Gasteiger partial charge on any atom is 0.187 e. The van der Waals surface area contributed by atoms with Crippen molar-refractivity contribution in [2.75, 3.05) is 0 Å². The first-order chi connectivity index (χ1) is 17.3. The van der Waals surface area contributed by atoms with Crippen LogP contribution in [0.1, 0.15) is 169 Å². The molecule has 1 aliphatic heterocycles. The Bertz CT molecular complexity index is 943. The summed E-state index contributed by atoms with van der Waals surface area (Å²) in [6, 6.07) is 3.96. The van der Waals surface area contributed by atoms with Gasteiger partial charge in [0.1, 0.15) is 10.6 Å². The number of hydrogen-bond donors (Lipinski definition) is 1. The second kappa shape index (κ2) is 13.9. The number of aromatic hydroxyl groups is 1. The summed E-state index contributed by atoms with van der Waals surface area (Å²) in [5.74, 6) is 0.0282. The van der Waals surface area contributed by atoms with Gasteiger partial charge < -0.3 is 5.11 Å². The van der Waals surface area contributed by atoms with Crippen molar-refractivity contribution in [2.24, 2.45) is 0 Å². The van der Waals surface area contributed by atoms with Gasteiger partial charge in [0, 0.05) is 5.56 Å². The second-order valence-corrected chi connectivity index (χ2v) is 16.0. The van der Waals surface area contributed by atoms with Gasteiger partial charge in [-0.15, -0.1) is 0 Å². The smallest absolute Gasteiger partial charge is 0.187 e. The third kappa shape index (κ3) is 8.23. The van der Waals surface area contributed by atoms with Crippen molar-refractivity contribution in [1.29, 1.82) is 0 Å². The Labute approximate surface area is 230 Å². The van der Waals surface area contributed by atoms with Gasteiger partial charge in [-0.3, -0.25) is 0 Å². The number of benzene rings is 1.